The maximum Gasteiger partial charge on any atom is 0.326 e. The summed E-state index contributed by atoms with van der Waals surface area (Å²) in [6.45, 7) is 6.97. The maximum atomic E-state index is 12.1. The Labute approximate surface area is 136 Å². The molecule has 124 valence electrons. The summed E-state index contributed by atoms with van der Waals surface area (Å²) < 4.78 is 0. The molecule has 5 heteroatoms. The molecule has 0 aliphatic heterocycles. The molecule has 23 heavy (non-hydrogen) atoms. The maximum absolute atomic E-state index is 12.1. The monoisotopic (exact) mass is 317 g/mol. The van der Waals surface area contributed by atoms with E-state index in [1.54, 1.807) is 38.1 Å². The van der Waals surface area contributed by atoms with E-state index in [-0.39, 0.29) is 5.92 Å². The van der Waals surface area contributed by atoms with E-state index >= 15 is 0 Å². The van der Waals surface area contributed by atoms with Crippen LogP contribution in [0.15, 0.2) is 24.3 Å². The Hall–Kier alpha value is -2.32. The summed E-state index contributed by atoms with van der Waals surface area (Å²) >= 11 is 0. The second-order valence-electron chi connectivity index (χ2n) is 6.38. The Balaban J connectivity index is 2.80. The van der Waals surface area contributed by atoms with Crippen molar-refractivity contribution in [3.8, 4) is 11.8 Å². The van der Waals surface area contributed by atoms with Gasteiger partial charge in [-0.15, -0.1) is 0 Å². The summed E-state index contributed by atoms with van der Waals surface area (Å²) in [4.78, 5) is 23.3. The van der Waals surface area contributed by atoms with Gasteiger partial charge in [-0.3, -0.25) is 4.79 Å². The molecule has 3 N–H and O–H groups in total. The predicted octanol–water partition coefficient (Wildman–Crippen LogP) is 2.04. The normalized spacial score (nSPS) is 12.3. The number of carboxylic acids is 1. The van der Waals surface area contributed by atoms with E-state index in [1.807, 2.05) is 13.8 Å². The Morgan fingerprint density at radius 1 is 1.22 bits per heavy atom. The quantitative estimate of drug-likeness (QED) is 0.725. The molecule has 1 rings (SSSR count). The highest BCUT2D eigenvalue weighted by Crippen LogP contribution is 2.08. The van der Waals surface area contributed by atoms with Gasteiger partial charge >= 0.3 is 5.97 Å². The third-order valence-electron chi connectivity index (χ3n) is 2.97. The summed E-state index contributed by atoms with van der Waals surface area (Å²) in [7, 11) is 0. The fourth-order valence-electron chi connectivity index (χ4n) is 1.86. The molecule has 0 fully saturated rings. The molecule has 1 unspecified atom stereocenters. The Bertz CT molecular complexity index is 615. The molecular weight excluding hydrogens is 294 g/mol. The van der Waals surface area contributed by atoms with Crippen molar-refractivity contribution >= 4 is 11.9 Å². The summed E-state index contributed by atoms with van der Waals surface area (Å²) in [5.74, 6) is 4.18. The van der Waals surface area contributed by atoms with Gasteiger partial charge in [0, 0.05) is 11.1 Å². The molecule has 0 aliphatic rings. The smallest absolute Gasteiger partial charge is 0.326 e. The van der Waals surface area contributed by atoms with E-state index < -0.39 is 23.5 Å². The third-order valence-corrected chi connectivity index (χ3v) is 2.97. The molecule has 1 aromatic carbocycles. The summed E-state index contributed by atoms with van der Waals surface area (Å²) in [6.07, 6.45) is 0.371. The first-order valence-electron chi connectivity index (χ1n) is 7.48. The topological polar surface area (TPSA) is 86.6 Å². The van der Waals surface area contributed by atoms with Gasteiger partial charge in [-0.1, -0.05) is 25.7 Å². The SMILES string of the molecule is CC(C)CC(NC(=O)c1ccc(C#CC(C)(C)O)cc1)C(=O)O. The van der Waals surface area contributed by atoms with Gasteiger partial charge in [0.2, 0.25) is 0 Å². The van der Waals surface area contributed by atoms with Gasteiger partial charge in [-0.05, 0) is 50.5 Å². The summed E-state index contributed by atoms with van der Waals surface area (Å²) in [5.41, 5.74) is -0.0452. The van der Waals surface area contributed by atoms with Crippen molar-refractivity contribution in [3.05, 3.63) is 35.4 Å². The van der Waals surface area contributed by atoms with Crippen molar-refractivity contribution in [2.45, 2.75) is 45.8 Å². The standard InChI is InChI=1S/C18H23NO4/c1-12(2)11-15(17(21)22)19-16(20)14-7-5-13(6-8-14)9-10-18(3,4)23/h5-8,12,15,23H,11H2,1-4H3,(H,19,20)(H,21,22). The van der Waals surface area contributed by atoms with Crippen molar-refractivity contribution in [1.29, 1.82) is 0 Å². The molecule has 0 bridgehead atoms. The number of amides is 1. The van der Waals surface area contributed by atoms with E-state index in [0.29, 0.717) is 17.5 Å². The fraction of sp³-hybridized carbons (Fsp3) is 0.444. The zero-order valence-corrected chi connectivity index (χ0v) is 13.9. The number of benzene rings is 1. The van der Waals surface area contributed by atoms with Crippen LogP contribution >= 0.6 is 0 Å². The van der Waals surface area contributed by atoms with Crippen LogP contribution in [0.4, 0.5) is 0 Å². The first-order chi connectivity index (χ1) is 10.6. The lowest BCUT2D eigenvalue weighted by Crippen LogP contribution is -2.41. The molecule has 5 nitrogen and oxygen atoms in total. The van der Waals surface area contributed by atoms with Crippen molar-refractivity contribution in [3.63, 3.8) is 0 Å². The minimum absolute atomic E-state index is 0.163. The largest absolute Gasteiger partial charge is 0.480 e. The van der Waals surface area contributed by atoms with Gasteiger partial charge in [0.05, 0.1) is 0 Å². The molecule has 0 saturated carbocycles. The summed E-state index contributed by atoms with van der Waals surface area (Å²) in [5, 5.41) is 21.2. The van der Waals surface area contributed by atoms with Gasteiger partial charge < -0.3 is 15.5 Å². The van der Waals surface area contributed by atoms with E-state index in [2.05, 4.69) is 17.2 Å². The number of nitrogens with one attached hydrogen (secondary N) is 1. The number of rotatable bonds is 5. The first-order valence-corrected chi connectivity index (χ1v) is 7.48. The van der Waals surface area contributed by atoms with E-state index in [0.717, 1.165) is 0 Å². The van der Waals surface area contributed by atoms with E-state index in [9.17, 15) is 14.7 Å². The lowest BCUT2D eigenvalue weighted by molar-refractivity contribution is -0.139. The van der Waals surface area contributed by atoms with Gasteiger partial charge in [0.1, 0.15) is 11.6 Å². The average molecular weight is 317 g/mol. The number of aliphatic hydroxyl groups is 1. The second kappa shape index (κ2) is 7.80. The molecule has 1 atom stereocenters. The highest BCUT2D eigenvalue weighted by molar-refractivity contribution is 5.96. The molecule has 0 radical (unpaired) electrons. The lowest BCUT2D eigenvalue weighted by atomic mass is 10.0. The van der Waals surface area contributed by atoms with E-state index in [4.69, 9.17) is 5.11 Å². The van der Waals surface area contributed by atoms with Crippen molar-refractivity contribution in [1.82, 2.24) is 5.32 Å². The van der Waals surface area contributed by atoms with Crippen LogP contribution in [0.5, 0.6) is 0 Å². The van der Waals surface area contributed by atoms with Crippen molar-refractivity contribution < 1.29 is 19.8 Å². The number of carbonyl (C=O) groups excluding carboxylic acids is 1. The number of carboxylic acid groups (broad SMARTS) is 1. The Morgan fingerprint density at radius 2 is 1.78 bits per heavy atom. The van der Waals surface area contributed by atoms with Crippen LogP contribution in [-0.2, 0) is 4.79 Å². The van der Waals surface area contributed by atoms with Crippen LogP contribution in [0.2, 0.25) is 0 Å². The number of aliphatic carboxylic acids is 1. The summed E-state index contributed by atoms with van der Waals surface area (Å²) in [6, 6.07) is 5.57. The Morgan fingerprint density at radius 3 is 2.22 bits per heavy atom. The molecule has 1 amide bonds. The van der Waals surface area contributed by atoms with Crippen LogP contribution < -0.4 is 5.32 Å². The van der Waals surface area contributed by atoms with Crippen molar-refractivity contribution in [2.24, 2.45) is 5.92 Å². The van der Waals surface area contributed by atoms with E-state index in [1.165, 1.54) is 0 Å². The first kappa shape index (κ1) is 18.7. The van der Waals surface area contributed by atoms with Crippen LogP contribution in [0.1, 0.15) is 50.0 Å². The average Bonchev–Trinajstić information content (AvgIpc) is 2.43. The van der Waals surface area contributed by atoms with Gasteiger partial charge in [-0.2, -0.15) is 0 Å². The third kappa shape index (κ3) is 6.98. The molecule has 0 aliphatic carbocycles. The molecule has 0 aromatic heterocycles. The van der Waals surface area contributed by atoms with Crippen LogP contribution in [0.3, 0.4) is 0 Å². The number of carbonyl (C=O) groups is 2. The Kier molecular flexibility index (Phi) is 6.35. The highest BCUT2D eigenvalue weighted by atomic mass is 16.4. The molecule has 0 saturated heterocycles. The lowest BCUT2D eigenvalue weighted by Gasteiger charge is -2.16. The highest BCUT2D eigenvalue weighted by Gasteiger charge is 2.21. The number of hydrogen-bond donors (Lipinski definition) is 3. The molecule has 0 heterocycles. The second-order valence-corrected chi connectivity index (χ2v) is 6.38. The van der Waals surface area contributed by atoms with Gasteiger partial charge in [0.15, 0.2) is 0 Å². The molecular formula is C18H23NO4. The minimum atomic E-state index is -1.08. The van der Waals surface area contributed by atoms with Crippen LogP contribution in [0, 0.1) is 17.8 Å². The molecule has 1 aromatic rings. The van der Waals surface area contributed by atoms with Crippen LogP contribution in [-0.4, -0.2) is 33.7 Å². The van der Waals surface area contributed by atoms with Gasteiger partial charge in [-0.25, -0.2) is 4.79 Å². The number of hydrogen-bond acceptors (Lipinski definition) is 3. The van der Waals surface area contributed by atoms with Gasteiger partial charge in [0.25, 0.3) is 5.91 Å². The molecule has 0 spiro atoms. The zero-order chi connectivity index (χ0) is 17.6. The van der Waals surface area contributed by atoms with Crippen LogP contribution in [0.25, 0.3) is 0 Å². The fourth-order valence-corrected chi connectivity index (χ4v) is 1.86. The zero-order valence-electron chi connectivity index (χ0n) is 13.9. The minimum Gasteiger partial charge on any atom is -0.480 e. The predicted molar refractivity (Wildman–Crippen MR) is 88.0 cm³/mol. The van der Waals surface area contributed by atoms with Crippen molar-refractivity contribution in [2.75, 3.05) is 0 Å².